The van der Waals surface area contributed by atoms with Gasteiger partial charge < -0.3 is 10.2 Å². The van der Waals surface area contributed by atoms with Gasteiger partial charge in [0.05, 0.1) is 0 Å². The summed E-state index contributed by atoms with van der Waals surface area (Å²) < 4.78 is 5.54. The fourth-order valence-electron chi connectivity index (χ4n) is 0.505. The number of nitrogens with two attached hydrogens (primary N) is 1. The van der Waals surface area contributed by atoms with Gasteiger partial charge in [0.15, 0.2) is 10.4 Å². The molecule has 0 spiro atoms. The molecule has 1 aromatic heterocycles. The Morgan fingerprint density at radius 1 is 1.64 bits per heavy atom. The first-order valence-electron chi connectivity index (χ1n) is 2.75. The van der Waals surface area contributed by atoms with Gasteiger partial charge in [-0.2, -0.15) is 0 Å². The van der Waals surface area contributed by atoms with Crippen molar-refractivity contribution in [3.05, 3.63) is 22.6 Å². The summed E-state index contributed by atoms with van der Waals surface area (Å²) in [4.78, 5) is 10.2. The van der Waals surface area contributed by atoms with Gasteiger partial charge in [-0.3, -0.25) is 4.79 Å². The SMILES string of the molecule is NC(=O)C#Cc1ccc(Br)o1. The molecule has 2 N–H and O–H groups in total. The fraction of sp³-hybridized carbons (Fsp3) is 0. The van der Waals surface area contributed by atoms with Crippen LogP contribution in [0.4, 0.5) is 0 Å². The summed E-state index contributed by atoms with van der Waals surface area (Å²) in [5.41, 5.74) is 4.78. The molecule has 1 heterocycles. The highest BCUT2D eigenvalue weighted by Crippen LogP contribution is 2.12. The van der Waals surface area contributed by atoms with E-state index in [0.717, 1.165) is 0 Å². The maximum absolute atomic E-state index is 10.2. The van der Waals surface area contributed by atoms with Gasteiger partial charge >= 0.3 is 0 Å². The number of rotatable bonds is 0. The zero-order chi connectivity index (χ0) is 8.27. The molecule has 0 saturated carbocycles. The molecule has 0 unspecified atom stereocenters. The van der Waals surface area contributed by atoms with Crippen LogP contribution in [0, 0.1) is 11.8 Å². The Morgan fingerprint density at radius 3 is 2.82 bits per heavy atom. The smallest absolute Gasteiger partial charge is 0.293 e. The van der Waals surface area contributed by atoms with Crippen molar-refractivity contribution in [2.45, 2.75) is 0 Å². The second-order valence-electron chi connectivity index (χ2n) is 1.72. The molecular formula is C7H4BrNO2. The molecular weight excluding hydrogens is 210 g/mol. The molecule has 56 valence electrons. The average molecular weight is 214 g/mol. The average Bonchev–Trinajstić information content (AvgIpc) is 2.31. The van der Waals surface area contributed by atoms with Gasteiger partial charge in [0.25, 0.3) is 5.91 Å². The Morgan fingerprint density at radius 2 is 2.36 bits per heavy atom. The van der Waals surface area contributed by atoms with Crippen LogP contribution in [0.3, 0.4) is 0 Å². The van der Waals surface area contributed by atoms with Crippen LogP contribution in [-0.2, 0) is 4.79 Å². The van der Waals surface area contributed by atoms with Crippen molar-refractivity contribution in [2.75, 3.05) is 0 Å². The van der Waals surface area contributed by atoms with E-state index >= 15 is 0 Å². The number of carbonyl (C=O) groups is 1. The molecule has 1 rings (SSSR count). The second kappa shape index (κ2) is 3.26. The summed E-state index contributed by atoms with van der Waals surface area (Å²) >= 11 is 3.09. The largest absolute Gasteiger partial charge is 0.441 e. The van der Waals surface area contributed by atoms with E-state index in [-0.39, 0.29) is 0 Å². The molecule has 0 aromatic carbocycles. The van der Waals surface area contributed by atoms with Crippen LogP contribution >= 0.6 is 15.9 Å². The lowest BCUT2D eigenvalue weighted by Gasteiger charge is -1.77. The van der Waals surface area contributed by atoms with Crippen LogP contribution in [-0.4, -0.2) is 5.91 Å². The van der Waals surface area contributed by atoms with E-state index in [2.05, 4.69) is 27.8 Å². The van der Waals surface area contributed by atoms with Crippen molar-refractivity contribution < 1.29 is 9.21 Å². The Kier molecular flexibility index (Phi) is 2.34. The number of halogens is 1. The number of carbonyl (C=O) groups excluding carboxylic acids is 1. The number of hydrogen-bond acceptors (Lipinski definition) is 2. The van der Waals surface area contributed by atoms with Crippen LogP contribution in [0.25, 0.3) is 0 Å². The molecule has 0 saturated heterocycles. The molecule has 0 radical (unpaired) electrons. The highest BCUT2D eigenvalue weighted by Gasteiger charge is 1.93. The maximum atomic E-state index is 10.2. The Balaban J connectivity index is 2.82. The zero-order valence-electron chi connectivity index (χ0n) is 5.43. The quantitative estimate of drug-likeness (QED) is 0.651. The van der Waals surface area contributed by atoms with Crippen LogP contribution in [0.5, 0.6) is 0 Å². The first-order valence-corrected chi connectivity index (χ1v) is 3.54. The predicted molar refractivity (Wildman–Crippen MR) is 42.5 cm³/mol. The van der Waals surface area contributed by atoms with Gasteiger partial charge in [-0.1, -0.05) is 0 Å². The van der Waals surface area contributed by atoms with Crippen molar-refractivity contribution >= 4 is 21.8 Å². The van der Waals surface area contributed by atoms with E-state index in [4.69, 9.17) is 10.2 Å². The Bertz CT molecular complexity index is 332. The normalized spacial score (nSPS) is 8.45. The lowest BCUT2D eigenvalue weighted by atomic mass is 10.4. The van der Waals surface area contributed by atoms with Crippen molar-refractivity contribution in [3.8, 4) is 11.8 Å². The minimum Gasteiger partial charge on any atom is -0.441 e. The zero-order valence-corrected chi connectivity index (χ0v) is 7.01. The minimum atomic E-state index is -0.669. The molecule has 0 aliphatic rings. The molecule has 0 aliphatic carbocycles. The summed E-state index contributed by atoms with van der Waals surface area (Å²) in [5, 5.41) is 0. The van der Waals surface area contributed by atoms with E-state index in [9.17, 15) is 4.79 Å². The standard InChI is InChI=1S/C7H4BrNO2/c8-6-3-1-5(11-6)2-4-7(9)10/h1,3H,(H2,9,10). The van der Waals surface area contributed by atoms with E-state index < -0.39 is 5.91 Å². The summed E-state index contributed by atoms with van der Waals surface area (Å²) in [5.74, 6) is 4.34. The first-order chi connectivity index (χ1) is 5.18. The molecule has 3 nitrogen and oxygen atoms in total. The fourth-order valence-corrected chi connectivity index (χ4v) is 0.811. The Hall–Kier alpha value is -1.21. The van der Waals surface area contributed by atoms with E-state index in [1.54, 1.807) is 12.1 Å². The summed E-state index contributed by atoms with van der Waals surface area (Å²) in [6.07, 6.45) is 0. The topological polar surface area (TPSA) is 56.2 Å². The van der Waals surface area contributed by atoms with Gasteiger partial charge in [-0.15, -0.1) is 0 Å². The van der Waals surface area contributed by atoms with Gasteiger partial charge in [-0.05, 0) is 34.0 Å². The molecule has 0 atom stereocenters. The predicted octanol–water partition coefficient (Wildman–Crippen LogP) is 0.879. The molecule has 11 heavy (non-hydrogen) atoms. The third kappa shape index (κ3) is 2.48. The summed E-state index contributed by atoms with van der Waals surface area (Å²) in [6, 6.07) is 3.32. The number of primary amides is 1. The lowest BCUT2D eigenvalue weighted by Crippen LogP contribution is -2.05. The molecule has 0 bridgehead atoms. The highest BCUT2D eigenvalue weighted by atomic mass is 79.9. The summed E-state index contributed by atoms with van der Waals surface area (Å²) in [6.45, 7) is 0. The molecule has 4 heteroatoms. The monoisotopic (exact) mass is 213 g/mol. The molecule has 0 fully saturated rings. The molecule has 1 aromatic rings. The summed E-state index contributed by atoms with van der Waals surface area (Å²) in [7, 11) is 0. The van der Waals surface area contributed by atoms with Gasteiger partial charge in [0.1, 0.15) is 0 Å². The van der Waals surface area contributed by atoms with Gasteiger partial charge in [0, 0.05) is 5.92 Å². The number of amides is 1. The van der Waals surface area contributed by atoms with E-state index in [0.29, 0.717) is 10.4 Å². The minimum absolute atomic E-state index is 0.413. The molecule has 1 amide bonds. The van der Waals surface area contributed by atoms with Gasteiger partial charge in [-0.25, -0.2) is 0 Å². The third-order valence-corrected chi connectivity index (χ3v) is 1.31. The van der Waals surface area contributed by atoms with Crippen molar-refractivity contribution in [3.63, 3.8) is 0 Å². The van der Waals surface area contributed by atoms with Crippen molar-refractivity contribution in [2.24, 2.45) is 5.73 Å². The van der Waals surface area contributed by atoms with Crippen molar-refractivity contribution in [1.82, 2.24) is 0 Å². The number of furan rings is 1. The van der Waals surface area contributed by atoms with E-state index in [1.807, 2.05) is 0 Å². The second-order valence-corrected chi connectivity index (χ2v) is 2.50. The highest BCUT2D eigenvalue weighted by molar-refractivity contribution is 9.10. The van der Waals surface area contributed by atoms with Crippen LogP contribution in [0.1, 0.15) is 5.76 Å². The van der Waals surface area contributed by atoms with E-state index in [1.165, 1.54) is 0 Å². The Labute approximate surface area is 71.7 Å². The first kappa shape index (κ1) is 7.89. The van der Waals surface area contributed by atoms with Crippen molar-refractivity contribution in [1.29, 1.82) is 0 Å². The maximum Gasteiger partial charge on any atom is 0.293 e. The van der Waals surface area contributed by atoms with Crippen LogP contribution < -0.4 is 5.73 Å². The van der Waals surface area contributed by atoms with Gasteiger partial charge in [0.2, 0.25) is 0 Å². The number of hydrogen-bond donors (Lipinski definition) is 1. The molecule has 0 aliphatic heterocycles. The lowest BCUT2D eigenvalue weighted by molar-refractivity contribution is -0.112. The van der Waals surface area contributed by atoms with Crippen LogP contribution in [0.2, 0.25) is 0 Å². The van der Waals surface area contributed by atoms with Crippen LogP contribution in [0.15, 0.2) is 21.2 Å². The third-order valence-electron chi connectivity index (χ3n) is 0.882.